The molecule has 20 heavy (non-hydrogen) atoms. The summed E-state index contributed by atoms with van der Waals surface area (Å²) in [6.45, 7) is 3.64. The number of halogens is 3. The number of carbonyl (C=O) groups excluding carboxylic acids is 1. The molecule has 0 radical (unpaired) electrons. The highest BCUT2D eigenvalue weighted by Crippen LogP contribution is 2.26. The van der Waals surface area contributed by atoms with Gasteiger partial charge in [0.2, 0.25) is 11.8 Å². The van der Waals surface area contributed by atoms with Gasteiger partial charge in [-0.3, -0.25) is 15.2 Å². The maximum Gasteiger partial charge on any atom is 0.451 e. The minimum atomic E-state index is -4.63. The molecule has 0 bridgehead atoms. The molecule has 0 saturated carbocycles. The van der Waals surface area contributed by atoms with Gasteiger partial charge in [-0.1, -0.05) is 17.2 Å². The molecule has 1 heterocycles. The first-order chi connectivity index (χ1) is 9.25. The summed E-state index contributed by atoms with van der Waals surface area (Å²) in [5.74, 6) is -2.24. The van der Waals surface area contributed by atoms with E-state index >= 15 is 0 Å². The van der Waals surface area contributed by atoms with Crippen molar-refractivity contribution in [1.29, 1.82) is 0 Å². The Morgan fingerprint density at radius 1 is 1.20 bits per heavy atom. The van der Waals surface area contributed by atoms with Crippen LogP contribution in [0.1, 0.15) is 27.3 Å². The molecule has 0 spiro atoms. The van der Waals surface area contributed by atoms with Crippen LogP contribution in [0.2, 0.25) is 0 Å². The molecule has 0 fully saturated rings. The van der Waals surface area contributed by atoms with Gasteiger partial charge in [0, 0.05) is 5.56 Å². The van der Waals surface area contributed by atoms with Crippen LogP contribution < -0.4 is 5.32 Å². The van der Waals surface area contributed by atoms with Crippen LogP contribution in [0, 0.1) is 13.8 Å². The van der Waals surface area contributed by atoms with E-state index in [1.807, 2.05) is 19.9 Å². The number of amides is 1. The van der Waals surface area contributed by atoms with E-state index in [1.165, 1.54) is 0 Å². The summed E-state index contributed by atoms with van der Waals surface area (Å²) in [5.41, 5.74) is 2.09. The standard InChI is InChI=1S/C12H11F3N4O/c1-6-3-7(2)5-8(4-6)9(20)16-11-17-10(18-19-11)12(13,14)15/h3-5H,1-2H3,(H2,16,17,18,19,20). The molecule has 1 aromatic heterocycles. The van der Waals surface area contributed by atoms with Crippen LogP contribution in [0.25, 0.3) is 0 Å². The Morgan fingerprint density at radius 3 is 2.30 bits per heavy atom. The molecule has 2 N–H and O–H groups in total. The number of hydrogen-bond acceptors (Lipinski definition) is 3. The third-order valence-corrected chi connectivity index (χ3v) is 2.46. The quantitative estimate of drug-likeness (QED) is 0.890. The van der Waals surface area contributed by atoms with Gasteiger partial charge in [-0.25, -0.2) is 0 Å². The molecule has 8 heteroatoms. The second-order valence-corrected chi connectivity index (χ2v) is 4.34. The third kappa shape index (κ3) is 3.14. The van der Waals surface area contributed by atoms with Gasteiger partial charge < -0.3 is 0 Å². The number of hydrogen-bond donors (Lipinski definition) is 2. The predicted octanol–water partition coefficient (Wildman–Crippen LogP) is 2.69. The number of aromatic amines is 1. The van der Waals surface area contributed by atoms with Crippen molar-refractivity contribution in [3.05, 3.63) is 40.7 Å². The first-order valence-corrected chi connectivity index (χ1v) is 5.65. The predicted molar refractivity (Wildman–Crippen MR) is 65.3 cm³/mol. The molecule has 2 rings (SSSR count). The summed E-state index contributed by atoms with van der Waals surface area (Å²) in [6, 6.07) is 5.13. The van der Waals surface area contributed by atoms with Gasteiger partial charge in [-0.05, 0) is 26.0 Å². The molecule has 5 nitrogen and oxygen atoms in total. The minimum absolute atomic E-state index is 0.334. The molecule has 106 valence electrons. The number of nitrogens with one attached hydrogen (secondary N) is 2. The van der Waals surface area contributed by atoms with Crippen molar-refractivity contribution in [1.82, 2.24) is 15.2 Å². The van der Waals surface area contributed by atoms with Crippen molar-refractivity contribution in [3.8, 4) is 0 Å². The number of carbonyl (C=O) groups is 1. The van der Waals surface area contributed by atoms with E-state index in [9.17, 15) is 18.0 Å². The fourth-order valence-corrected chi connectivity index (χ4v) is 1.72. The van der Waals surface area contributed by atoms with E-state index in [2.05, 4.69) is 15.4 Å². The number of H-pyrrole nitrogens is 1. The molecule has 0 saturated heterocycles. The van der Waals surface area contributed by atoms with Crippen molar-refractivity contribution >= 4 is 11.9 Å². The fourth-order valence-electron chi connectivity index (χ4n) is 1.72. The summed E-state index contributed by atoms with van der Waals surface area (Å²) >= 11 is 0. The number of benzene rings is 1. The lowest BCUT2D eigenvalue weighted by molar-refractivity contribution is -0.144. The summed E-state index contributed by atoms with van der Waals surface area (Å²) in [5, 5.41) is 7.24. The lowest BCUT2D eigenvalue weighted by Gasteiger charge is -2.04. The van der Waals surface area contributed by atoms with Gasteiger partial charge in [0.25, 0.3) is 5.91 Å². The SMILES string of the molecule is Cc1cc(C)cc(C(=O)Nc2n[nH]c(C(F)(F)F)n2)c1. The molecule has 0 unspecified atom stereocenters. The van der Waals surface area contributed by atoms with Crippen LogP contribution >= 0.6 is 0 Å². The van der Waals surface area contributed by atoms with E-state index < -0.39 is 23.9 Å². The van der Waals surface area contributed by atoms with Crippen molar-refractivity contribution in [2.75, 3.05) is 5.32 Å². The van der Waals surface area contributed by atoms with Crippen LogP contribution in [-0.2, 0) is 6.18 Å². The largest absolute Gasteiger partial charge is 0.451 e. The first kappa shape index (κ1) is 14.0. The lowest BCUT2D eigenvalue weighted by Crippen LogP contribution is -2.14. The zero-order valence-corrected chi connectivity index (χ0v) is 10.7. The number of aryl methyl sites for hydroxylation is 2. The minimum Gasteiger partial charge on any atom is -0.289 e. The Bertz CT molecular complexity index is 628. The Morgan fingerprint density at radius 2 is 1.80 bits per heavy atom. The maximum atomic E-state index is 12.3. The zero-order valence-electron chi connectivity index (χ0n) is 10.7. The van der Waals surface area contributed by atoms with Gasteiger partial charge in [0.15, 0.2) is 0 Å². The van der Waals surface area contributed by atoms with E-state index in [0.29, 0.717) is 5.56 Å². The maximum absolute atomic E-state index is 12.3. The highest BCUT2D eigenvalue weighted by atomic mass is 19.4. The highest BCUT2D eigenvalue weighted by molar-refractivity contribution is 6.03. The first-order valence-electron chi connectivity index (χ1n) is 5.65. The third-order valence-electron chi connectivity index (χ3n) is 2.46. The molecule has 0 aliphatic carbocycles. The number of anilines is 1. The summed E-state index contributed by atoms with van der Waals surface area (Å²) in [4.78, 5) is 15.1. The fraction of sp³-hybridized carbons (Fsp3) is 0.250. The summed E-state index contributed by atoms with van der Waals surface area (Å²) in [6.07, 6.45) is -4.63. The van der Waals surface area contributed by atoms with Crippen LogP contribution in [0.15, 0.2) is 18.2 Å². The molecule has 0 atom stereocenters. The van der Waals surface area contributed by atoms with Crippen LogP contribution in [0.3, 0.4) is 0 Å². The Kier molecular flexibility index (Phi) is 3.47. The van der Waals surface area contributed by atoms with E-state index in [0.717, 1.165) is 11.1 Å². The normalized spacial score (nSPS) is 11.4. The molecule has 1 amide bonds. The topological polar surface area (TPSA) is 70.7 Å². The average Bonchev–Trinajstić information content (AvgIpc) is 2.75. The molecule has 2 aromatic rings. The van der Waals surface area contributed by atoms with Gasteiger partial charge in [0.1, 0.15) is 0 Å². The second-order valence-electron chi connectivity index (χ2n) is 4.34. The monoisotopic (exact) mass is 284 g/mol. The van der Waals surface area contributed by atoms with E-state index in [1.54, 1.807) is 17.2 Å². The molecule has 0 aliphatic heterocycles. The van der Waals surface area contributed by atoms with Crippen molar-refractivity contribution < 1.29 is 18.0 Å². The lowest BCUT2D eigenvalue weighted by atomic mass is 10.1. The Labute approximate surface area is 112 Å². The van der Waals surface area contributed by atoms with Crippen molar-refractivity contribution in [2.45, 2.75) is 20.0 Å². The molecule has 1 aromatic carbocycles. The molecular weight excluding hydrogens is 273 g/mol. The average molecular weight is 284 g/mol. The van der Waals surface area contributed by atoms with Gasteiger partial charge in [-0.15, -0.1) is 5.10 Å². The van der Waals surface area contributed by atoms with Crippen LogP contribution in [0.5, 0.6) is 0 Å². The summed E-state index contributed by atoms with van der Waals surface area (Å²) in [7, 11) is 0. The summed E-state index contributed by atoms with van der Waals surface area (Å²) < 4.78 is 37.0. The Hall–Kier alpha value is -2.38. The number of alkyl halides is 3. The second kappa shape index (κ2) is 4.95. The van der Waals surface area contributed by atoms with Gasteiger partial charge in [-0.2, -0.15) is 18.2 Å². The van der Waals surface area contributed by atoms with Crippen LogP contribution in [-0.4, -0.2) is 21.1 Å². The van der Waals surface area contributed by atoms with Gasteiger partial charge in [0.05, 0.1) is 0 Å². The van der Waals surface area contributed by atoms with Gasteiger partial charge >= 0.3 is 6.18 Å². The Balaban J connectivity index is 2.17. The van der Waals surface area contributed by atoms with Crippen molar-refractivity contribution in [3.63, 3.8) is 0 Å². The number of aromatic nitrogens is 3. The molecule has 0 aliphatic rings. The van der Waals surface area contributed by atoms with E-state index in [4.69, 9.17) is 0 Å². The van der Waals surface area contributed by atoms with E-state index in [-0.39, 0.29) is 0 Å². The van der Waals surface area contributed by atoms with Crippen molar-refractivity contribution in [2.24, 2.45) is 0 Å². The smallest absolute Gasteiger partial charge is 0.289 e. The molecular formula is C12H11F3N4O. The zero-order chi connectivity index (χ0) is 14.9. The number of rotatable bonds is 2. The van der Waals surface area contributed by atoms with Crippen LogP contribution in [0.4, 0.5) is 19.1 Å². The number of nitrogens with zero attached hydrogens (tertiary/aromatic N) is 2. The highest BCUT2D eigenvalue weighted by Gasteiger charge is 2.35.